The van der Waals surface area contributed by atoms with Gasteiger partial charge >= 0.3 is 0 Å². The van der Waals surface area contributed by atoms with Crippen LogP contribution in [-0.4, -0.2) is 4.98 Å². The molecule has 0 saturated heterocycles. The zero-order chi connectivity index (χ0) is 12.7. The lowest BCUT2D eigenvalue weighted by Gasteiger charge is -2.21. The number of hydrogen-bond donors (Lipinski definition) is 1. The molecule has 2 heteroatoms. The van der Waals surface area contributed by atoms with E-state index in [2.05, 4.69) is 46.9 Å². The molecule has 1 unspecified atom stereocenters. The van der Waals surface area contributed by atoms with Gasteiger partial charge in [0.25, 0.3) is 0 Å². The number of aromatic nitrogens is 1. The van der Waals surface area contributed by atoms with Crippen LogP contribution in [-0.2, 0) is 12.8 Å². The Balaban J connectivity index is 2.09. The molecule has 0 saturated carbocycles. The Hall–Kier alpha value is -0.760. The molecule has 1 nitrogen and oxygen atoms in total. The minimum Gasteiger partial charge on any atom is -0.358 e. The molecule has 0 amide bonds. The van der Waals surface area contributed by atoms with Crippen molar-refractivity contribution < 1.29 is 0 Å². The fraction of sp³-hybridized carbons (Fsp3) is 0.500. The average Bonchev–Trinajstić information content (AvgIpc) is 2.68. The highest BCUT2D eigenvalue weighted by Gasteiger charge is 2.22. The van der Waals surface area contributed by atoms with E-state index in [-0.39, 0.29) is 0 Å². The maximum Gasteiger partial charge on any atom is 0.0489 e. The van der Waals surface area contributed by atoms with E-state index in [9.17, 15) is 0 Å². The molecule has 1 aliphatic rings. The zero-order valence-corrected chi connectivity index (χ0v) is 12.7. The van der Waals surface area contributed by atoms with Crippen LogP contribution in [0.25, 0.3) is 10.9 Å². The van der Waals surface area contributed by atoms with Gasteiger partial charge < -0.3 is 4.98 Å². The molecule has 96 valence electrons. The number of rotatable bonds is 2. The summed E-state index contributed by atoms with van der Waals surface area (Å²) in [5, 5.41) is 1.44. The molecule has 0 radical (unpaired) electrons. The number of aromatic amines is 1. The van der Waals surface area contributed by atoms with Gasteiger partial charge in [0.1, 0.15) is 0 Å². The minimum atomic E-state index is 0.890. The first-order valence-corrected chi connectivity index (χ1v) is 7.78. The second-order valence-corrected chi connectivity index (χ2v) is 6.54. The van der Waals surface area contributed by atoms with Gasteiger partial charge in [-0.3, -0.25) is 0 Å². The molecule has 1 aliphatic carbocycles. The smallest absolute Gasteiger partial charge is 0.0489 e. The molecule has 3 rings (SSSR count). The second kappa shape index (κ2) is 4.73. The Morgan fingerprint density at radius 1 is 1.39 bits per heavy atom. The molecule has 0 aliphatic heterocycles. The number of benzene rings is 1. The summed E-state index contributed by atoms with van der Waals surface area (Å²) in [6.45, 7) is 4.49. The number of fused-ring (bicyclic) bond motifs is 3. The maximum atomic E-state index is 3.65. The lowest BCUT2D eigenvalue weighted by molar-refractivity contribution is 0.422. The molecule has 1 aromatic carbocycles. The summed E-state index contributed by atoms with van der Waals surface area (Å²) in [6, 6.07) is 4.49. The van der Waals surface area contributed by atoms with Crippen LogP contribution < -0.4 is 0 Å². The van der Waals surface area contributed by atoms with Crippen molar-refractivity contribution in [3.63, 3.8) is 0 Å². The topological polar surface area (TPSA) is 15.8 Å². The normalized spacial score (nSPS) is 19.2. The summed E-state index contributed by atoms with van der Waals surface area (Å²) in [6.07, 6.45) is 6.53. The van der Waals surface area contributed by atoms with Gasteiger partial charge in [0.2, 0.25) is 0 Å². The van der Waals surface area contributed by atoms with Crippen LogP contribution >= 0.6 is 15.9 Å². The molecule has 1 heterocycles. The van der Waals surface area contributed by atoms with E-state index in [1.54, 1.807) is 5.56 Å². The maximum absolute atomic E-state index is 3.65. The van der Waals surface area contributed by atoms with E-state index in [0.29, 0.717) is 0 Å². The fourth-order valence-electron chi connectivity index (χ4n) is 3.38. The quantitative estimate of drug-likeness (QED) is 0.790. The summed E-state index contributed by atoms with van der Waals surface area (Å²) in [5.74, 6) is 0.890. The van der Waals surface area contributed by atoms with Crippen LogP contribution in [0.15, 0.2) is 16.6 Å². The fourth-order valence-corrected chi connectivity index (χ4v) is 3.95. The van der Waals surface area contributed by atoms with Crippen LogP contribution in [0.1, 0.15) is 43.0 Å². The number of aryl methyl sites for hydroxylation is 2. The predicted molar refractivity (Wildman–Crippen MR) is 81.2 cm³/mol. The Kier molecular flexibility index (Phi) is 3.23. The third-order valence-electron chi connectivity index (χ3n) is 4.26. The van der Waals surface area contributed by atoms with Gasteiger partial charge in [0.15, 0.2) is 0 Å². The number of nitrogens with one attached hydrogen (secondary N) is 1. The Morgan fingerprint density at radius 2 is 2.22 bits per heavy atom. The van der Waals surface area contributed by atoms with Crippen LogP contribution in [0, 0.1) is 12.8 Å². The Morgan fingerprint density at radius 3 is 3.00 bits per heavy atom. The first-order chi connectivity index (χ1) is 8.69. The molecular weight excluding hydrogens is 286 g/mol. The summed E-state index contributed by atoms with van der Waals surface area (Å²) >= 11 is 3.63. The molecule has 1 atom stereocenters. The van der Waals surface area contributed by atoms with Crippen molar-refractivity contribution in [1.82, 2.24) is 4.98 Å². The average molecular weight is 306 g/mol. The van der Waals surface area contributed by atoms with Crippen LogP contribution in [0.4, 0.5) is 0 Å². The lowest BCUT2D eigenvalue weighted by Crippen LogP contribution is -2.13. The Labute approximate surface area is 117 Å². The van der Waals surface area contributed by atoms with E-state index in [0.717, 1.165) is 5.92 Å². The third-order valence-corrected chi connectivity index (χ3v) is 4.72. The predicted octanol–water partition coefficient (Wildman–Crippen LogP) is 5.14. The van der Waals surface area contributed by atoms with E-state index in [1.165, 1.54) is 58.7 Å². The lowest BCUT2D eigenvalue weighted by atomic mass is 9.84. The van der Waals surface area contributed by atoms with Crippen molar-refractivity contribution >= 4 is 26.8 Å². The Bertz CT molecular complexity index is 582. The highest BCUT2D eigenvalue weighted by atomic mass is 79.9. The highest BCUT2D eigenvalue weighted by Crippen LogP contribution is 2.35. The van der Waals surface area contributed by atoms with Gasteiger partial charge in [-0.1, -0.05) is 35.7 Å². The molecular formula is C16H20BrN. The first kappa shape index (κ1) is 12.3. The molecule has 0 fully saturated rings. The van der Waals surface area contributed by atoms with Crippen molar-refractivity contribution in [3.05, 3.63) is 33.4 Å². The highest BCUT2D eigenvalue weighted by molar-refractivity contribution is 9.10. The standard InChI is InChI=1S/C16H20BrN/c1-3-4-11-5-6-15-13(8-11)14-9-12(17)7-10(2)16(14)18-15/h7,9,11,18H,3-6,8H2,1-2H3. The molecule has 1 N–H and O–H groups in total. The number of H-pyrrole nitrogens is 1. The van der Waals surface area contributed by atoms with Gasteiger partial charge in [-0.15, -0.1) is 0 Å². The van der Waals surface area contributed by atoms with Gasteiger partial charge in [-0.05, 0) is 55.4 Å². The van der Waals surface area contributed by atoms with Gasteiger partial charge in [-0.25, -0.2) is 0 Å². The molecule has 2 aromatic rings. The molecule has 1 aromatic heterocycles. The van der Waals surface area contributed by atoms with Crippen LogP contribution in [0.3, 0.4) is 0 Å². The van der Waals surface area contributed by atoms with E-state index >= 15 is 0 Å². The molecule has 0 bridgehead atoms. The second-order valence-electron chi connectivity index (χ2n) is 5.62. The summed E-state index contributed by atoms with van der Waals surface area (Å²) in [5.41, 5.74) is 5.76. The largest absolute Gasteiger partial charge is 0.358 e. The van der Waals surface area contributed by atoms with Crippen molar-refractivity contribution in [2.45, 2.75) is 46.0 Å². The number of hydrogen-bond acceptors (Lipinski definition) is 0. The van der Waals surface area contributed by atoms with Crippen molar-refractivity contribution in [3.8, 4) is 0 Å². The zero-order valence-electron chi connectivity index (χ0n) is 11.1. The summed E-state index contributed by atoms with van der Waals surface area (Å²) < 4.78 is 1.20. The van der Waals surface area contributed by atoms with E-state index < -0.39 is 0 Å². The van der Waals surface area contributed by atoms with Crippen LogP contribution in [0.2, 0.25) is 0 Å². The SMILES string of the molecule is CCCC1CCc2[nH]c3c(C)cc(Br)cc3c2C1. The van der Waals surface area contributed by atoms with E-state index in [4.69, 9.17) is 0 Å². The molecule has 18 heavy (non-hydrogen) atoms. The number of halogens is 1. The van der Waals surface area contributed by atoms with Crippen molar-refractivity contribution in [2.75, 3.05) is 0 Å². The van der Waals surface area contributed by atoms with E-state index in [1.807, 2.05) is 0 Å². The van der Waals surface area contributed by atoms with Gasteiger partial charge in [-0.2, -0.15) is 0 Å². The summed E-state index contributed by atoms with van der Waals surface area (Å²) in [7, 11) is 0. The van der Waals surface area contributed by atoms with Crippen LogP contribution in [0.5, 0.6) is 0 Å². The first-order valence-electron chi connectivity index (χ1n) is 6.98. The minimum absolute atomic E-state index is 0.890. The van der Waals surface area contributed by atoms with Gasteiger partial charge in [0, 0.05) is 21.1 Å². The van der Waals surface area contributed by atoms with Gasteiger partial charge in [0.05, 0.1) is 0 Å². The monoisotopic (exact) mass is 305 g/mol. The molecule has 0 spiro atoms. The third kappa shape index (κ3) is 2.01. The van der Waals surface area contributed by atoms with Crippen molar-refractivity contribution in [1.29, 1.82) is 0 Å². The van der Waals surface area contributed by atoms with Crippen molar-refractivity contribution in [2.24, 2.45) is 5.92 Å². The summed E-state index contributed by atoms with van der Waals surface area (Å²) in [4.78, 5) is 3.65.